The Hall–Kier alpha value is -4.10. The van der Waals surface area contributed by atoms with Gasteiger partial charge in [-0.2, -0.15) is 19.8 Å². The molecule has 10 nitrogen and oxygen atoms in total. The number of sulfonamides is 1. The average Bonchev–Trinajstić information content (AvgIpc) is 3.24. The van der Waals surface area contributed by atoms with Crippen molar-refractivity contribution in [3.05, 3.63) is 71.0 Å². The molecule has 2 aromatic carbocycles. The number of carbonyl (C=O) groups is 2. The van der Waals surface area contributed by atoms with E-state index < -0.39 is 21.9 Å². The molecule has 0 saturated carbocycles. The van der Waals surface area contributed by atoms with Gasteiger partial charge in [-0.1, -0.05) is 17.4 Å². The molecule has 0 atom stereocenters. The first-order chi connectivity index (χ1) is 18.3. The van der Waals surface area contributed by atoms with Crippen LogP contribution >= 0.6 is 11.3 Å². The van der Waals surface area contributed by atoms with Crippen molar-refractivity contribution in [1.29, 1.82) is 10.5 Å². The lowest BCUT2D eigenvalue weighted by atomic mass is 10.2. The lowest BCUT2D eigenvalue weighted by molar-refractivity contribution is 0.0526. The molecule has 0 N–H and O–H groups in total. The number of benzene rings is 2. The van der Waals surface area contributed by atoms with Crippen LogP contribution < -0.4 is 4.80 Å². The van der Waals surface area contributed by atoms with Crippen LogP contribution in [0, 0.1) is 22.7 Å². The fraction of sp³-hybridized carbons (Fsp3) is 0.269. The molecule has 0 aliphatic heterocycles. The molecule has 1 heterocycles. The van der Waals surface area contributed by atoms with Crippen LogP contribution in [0.5, 0.6) is 0 Å². The minimum absolute atomic E-state index is 0.0126. The third kappa shape index (κ3) is 6.42. The van der Waals surface area contributed by atoms with Gasteiger partial charge in [0.25, 0.3) is 5.91 Å². The molecule has 196 valence electrons. The predicted molar refractivity (Wildman–Crippen MR) is 142 cm³/mol. The van der Waals surface area contributed by atoms with Crippen molar-refractivity contribution < 1.29 is 22.7 Å². The van der Waals surface area contributed by atoms with Gasteiger partial charge in [-0.25, -0.2) is 13.2 Å². The first-order valence-electron chi connectivity index (χ1n) is 11.6. The molecule has 0 fully saturated rings. The summed E-state index contributed by atoms with van der Waals surface area (Å²) in [5.41, 5.74) is 1.34. The van der Waals surface area contributed by atoms with Crippen molar-refractivity contribution in [1.82, 2.24) is 8.87 Å². The number of rotatable bonds is 11. The minimum atomic E-state index is -3.96. The zero-order valence-electron chi connectivity index (χ0n) is 20.7. The van der Waals surface area contributed by atoms with Crippen molar-refractivity contribution in [2.24, 2.45) is 4.99 Å². The number of hydrogen-bond acceptors (Lipinski definition) is 8. The van der Waals surface area contributed by atoms with Gasteiger partial charge in [-0.15, -0.1) is 6.58 Å². The zero-order chi connectivity index (χ0) is 27.7. The van der Waals surface area contributed by atoms with Gasteiger partial charge in [0.05, 0.1) is 39.4 Å². The van der Waals surface area contributed by atoms with Crippen molar-refractivity contribution in [3.8, 4) is 12.1 Å². The van der Waals surface area contributed by atoms with Crippen molar-refractivity contribution in [3.63, 3.8) is 0 Å². The van der Waals surface area contributed by atoms with Gasteiger partial charge >= 0.3 is 5.97 Å². The molecule has 38 heavy (non-hydrogen) atoms. The van der Waals surface area contributed by atoms with Gasteiger partial charge in [-0.3, -0.25) is 4.79 Å². The second-order valence-corrected chi connectivity index (χ2v) is 10.8. The third-order valence-corrected chi connectivity index (χ3v) is 8.34. The highest BCUT2D eigenvalue weighted by molar-refractivity contribution is 7.89. The Morgan fingerprint density at radius 3 is 2.32 bits per heavy atom. The van der Waals surface area contributed by atoms with E-state index in [1.807, 2.05) is 12.1 Å². The van der Waals surface area contributed by atoms with Crippen LogP contribution in [0.4, 0.5) is 0 Å². The van der Waals surface area contributed by atoms with Gasteiger partial charge in [-0.05, 0) is 49.4 Å². The summed E-state index contributed by atoms with van der Waals surface area (Å²) in [6.07, 6.45) is 1.64. The summed E-state index contributed by atoms with van der Waals surface area (Å²) in [5.74, 6) is -1.02. The summed E-state index contributed by atoms with van der Waals surface area (Å²) in [7, 11) is -3.96. The molecule has 12 heteroatoms. The fourth-order valence-corrected chi connectivity index (χ4v) is 6.10. The van der Waals surface area contributed by atoms with Gasteiger partial charge < -0.3 is 9.30 Å². The summed E-state index contributed by atoms with van der Waals surface area (Å²) in [4.78, 5) is 29.7. The smallest absolute Gasteiger partial charge is 0.338 e. The summed E-state index contributed by atoms with van der Waals surface area (Å²) in [6.45, 7) is 6.04. The summed E-state index contributed by atoms with van der Waals surface area (Å²) < 4.78 is 34.7. The molecule has 0 aliphatic rings. The summed E-state index contributed by atoms with van der Waals surface area (Å²) >= 11 is 1.23. The molecule has 0 unspecified atom stereocenters. The highest BCUT2D eigenvalue weighted by Crippen LogP contribution is 2.21. The lowest BCUT2D eigenvalue weighted by Crippen LogP contribution is -2.32. The van der Waals surface area contributed by atoms with Gasteiger partial charge in [0.15, 0.2) is 4.80 Å². The first-order valence-corrected chi connectivity index (χ1v) is 13.9. The molecule has 1 amide bonds. The maximum Gasteiger partial charge on any atom is 0.338 e. The molecular weight excluding hydrogens is 526 g/mol. The van der Waals surface area contributed by atoms with E-state index in [4.69, 9.17) is 15.3 Å². The number of ether oxygens (including phenoxy) is 1. The van der Waals surface area contributed by atoms with E-state index in [9.17, 15) is 18.0 Å². The quantitative estimate of drug-likeness (QED) is 0.261. The Bertz CT molecular complexity index is 1590. The van der Waals surface area contributed by atoms with Crippen LogP contribution in [-0.2, 0) is 21.3 Å². The summed E-state index contributed by atoms with van der Waals surface area (Å²) in [6, 6.07) is 14.3. The fourth-order valence-electron chi connectivity index (χ4n) is 3.58. The minimum Gasteiger partial charge on any atom is -0.462 e. The maximum absolute atomic E-state index is 13.0. The monoisotopic (exact) mass is 551 g/mol. The van der Waals surface area contributed by atoms with Crippen molar-refractivity contribution in [2.45, 2.75) is 31.2 Å². The van der Waals surface area contributed by atoms with E-state index in [1.54, 1.807) is 35.8 Å². The Morgan fingerprint density at radius 2 is 1.74 bits per heavy atom. The summed E-state index contributed by atoms with van der Waals surface area (Å²) in [5, 5.41) is 17.7. The number of carbonyl (C=O) groups excluding carboxylic acids is 2. The number of aromatic nitrogens is 1. The van der Waals surface area contributed by atoms with Crippen molar-refractivity contribution >= 4 is 43.5 Å². The average molecular weight is 552 g/mol. The third-order valence-electron chi connectivity index (χ3n) is 5.39. The number of thiazole rings is 1. The molecule has 0 bridgehead atoms. The van der Waals surface area contributed by atoms with Crippen molar-refractivity contribution in [2.75, 3.05) is 19.7 Å². The number of fused-ring (bicyclic) bond motifs is 1. The number of amides is 1. The van der Waals surface area contributed by atoms with Crippen LogP contribution in [0.25, 0.3) is 10.2 Å². The van der Waals surface area contributed by atoms with Crippen LogP contribution in [-0.4, -0.2) is 48.9 Å². The zero-order valence-corrected chi connectivity index (χ0v) is 22.3. The number of hydrogen-bond donors (Lipinski definition) is 0. The first kappa shape index (κ1) is 28.5. The van der Waals surface area contributed by atoms with E-state index in [0.29, 0.717) is 16.9 Å². The highest BCUT2D eigenvalue weighted by atomic mass is 32.2. The van der Waals surface area contributed by atoms with Crippen LogP contribution in [0.1, 0.15) is 40.5 Å². The normalized spacial score (nSPS) is 11.7. The number of allylic oxidation sites excluding steroid dienone is 1. The topological polar surface area (TPSA) is 146 Å². The van der Waals surface area contributed by atoms with E-state index in [1.165, 1.54) is 35.6 Å². The van der Waals surface area contributed by atoms with Gasteiger partial charge in [0.1, 0.15) is 0 Å². The Kier molecular flexibility index (Phi) is 9.68. The maximum atomic E-state index is 13.0. The molecule has 1 aromatic heterocycles. The predicted octanol–water partition coefficient (Wildman–Crippen LogP) is 3.62. The van der Waals surface area contributed by atoms with Gasteiger partial charge in [0, 0.05) is 38.0 Å². The molecule has 3 aromatic rings. The van der Waals surface area contributed by atoms with E-state index in [-0.39, 0.29) is 43.0 Å². The van der Waals surface area contributed by atoms with Gasteiger partial charge in [0.2, 0.25) is 10.0 Å². The Balaban J connectivity index is 1.95. The highest BCUT2D eigenvalue weighted by Gasteiger charge is 2.24. The molecule has 0 aliphatic carbocycles. The molecule has 3 rings (SSSR count). The molecule has 0 radical (unpaired) electrons. The van der Waals surface area contributed by atoms with Crippen LogP contribution in [0.3, 0.4) is 0 Å². The largest absolute Gasteiger partial charge is 0.462 e. The Labute approximate surface area is 224 Å². The molecular formula is C26H25N5O5S2. The lowest BCUT2D eigenvalue weighted by Gasteiger charge is -2.20. The van der Waals surface area contributed by atoms with E-state index in [0.717, 1.165) is 14.5 Å². The van der Waals surface area contributed by atoms with E-state index >= 15 is 0 Å². The number of nitrogens with zero attached hydrogens (tertiary/aromatic N) is 5. The number of esters is 1. The standard InChI is InChI=1S/C26H25N5O5S2/c1-3-15-31-22-12-9-20(25(33)36-4-2)18-23(22)37-26(31)29-24(32)19-7-10-21(11-8-19)38(34,35)30(16-5-13-27)17-6-14-28/h3,7-12,18H,1,4-6,15-17H2,2H3. The second kappa shape index (κ2) is 12.9. The number of nitriles is 2. The SMILES string of the molecule is C=CCn1c(=NC(=O)c2ccc(S(=O)(=O)N(CCC#N)CCC#N)cc2)sc2cc(C(=O)OCC)ccc21. The second-order valence-electron chi connectivity index (χ2n) is 7.85. The van der Waals surface area contributed by atoms with Crippen LogP contribution in [0.15, 0.2) is 65.0 Å². The molecule has 0 spiro atoms. The van der Waals surface area contributed by atoms with E-state index in [2.05, 4.69) is 11.6 Å². The Morgan fingerprint density at radius 1 is 1.11 bits per heavy atom. The molecule has 0 saturated heterocycles. The van der Waals surface area contributed by atoms with Crippen LogP contribution in [0.2, 0.25) is 0 Å².